The van der Waals surface area contributed by atoms with Crippen LogP contribution in [0, 0.1) is 0 Å². The zero-order valence-electron chi connectivity index (χ0n) is 12.8. The van der Waals surface area contributed by atoms with Gasteiger partial charge in [0.15, 0.2) is 5.82 Å². The van der Waals surface area contributed by atoms with Crippen molar-refractivity contribution in [1.82, 2.24) is 15.0 Å². The van der Waals surface area contributed by atoms with E-state index < -0.39 is 6.36 Å². The number of nitrogens with zero attached hydrogens (tertiary/aromatic N) is 3. The van der Waals surface area contributed by atoms with E-state index in [2.05, 4.69) is 40.9 Å². The summed E-state index contributed by atoms with van der Waals surface area (Å²) >= 11 is 9.08. The molecule has 0 spiro atoms. The van der Waals surface area contributed by atoms with Crippen molar-refractivity contribution in [3.05, 3.63) is 58.4 Å². The minimum absolute atomic E-state index is 0.132. The predicted octanol–water partition coefficient (Wildman–Crippen LogP) is 5.60. The summed E-state index contributed by atoms with van der Waals surface area (Å²) in [6, 6.07) is 9.05. The van der Waals surface area contributed by atoms with Gasteiger partial charge in [-0.15, -0.1) is 13.2 Å². The number of nitrogens with one attached hydrogen (secondary N) is 1. The van der Waals surface area contributed by atoms with Crippen molar-refractivity contribution in [2.75, 3.05) is 5.32 Å². The molecule has 26 heavy (non-hydrogen) atoms. The molecule has 0 radical (unpaired) electrons. The monoisotopic (exact) mass is 444 g/mol. The van der Waals surface area contributed by atoms with Gasteiger partial charge in [0.05, 0.1) is 4.47 Å². The number of alkyl halides is 3. The minimum atomic E-state index is -4.77. The molecule has 0 bridgehead atoms. The maximum atomic E-state index is 12.3. The van der Waals surface area contributed by atoms with Crippen LogP contribution in [0.4, 0.5) is 24.7 Å². The Morgan fingerprint density at radius 3 is 2.58 bits per heavy atom. The van der Waals surface area contributed by atoms with Crippen LogP contribution in [0.25, 0.3) is 11.4 Å². The van der Waals surface area contributed by atoms with Gasteiger partial charge in [0.2, 0.25) is 0 Å². The van der Waals surface area contributed by atoms with Crippen molar-refractivity contribution in [2.24, 2.45) is 0 Å². The van der Waals surface area contributed by atoms with E-state index in [0.717, 1.165) is 0 Å². The van der Waals surface area contributed by atoms with E-state index in [4.69, 9.17) is 11.6 Å². The molecule has 5 nitrogen and oxygen atoms in total. The van der Waals surface area contributed by atoms with Crippen LogP contribution in [0.5, 0.6) is 5.75 Å². The molecule has 0 saturated heterocycles. The highest BCUT2D eigenvalue weighted by atomic mass is 79.9. The highest BCUT2D eigenvalue weighted by Gasteiger charge is 2.31. The van der Waals surface area contributed by atoms with E-state index in [1.165, 1.54) is 24.3 Å². The van der Waals surface area contributed by atoms with Gasteiger partial charge in [-0.1, -0.05) is 11.6 Å². The quantitative estimate of drug-likeness (QED) is 0.530. The van der Waals surface area contributed by atoms with Crippen molar-refractivity contribution in [3.8, 4) is 17.1 Å². The summed E-state index contributed by atoms with van der Waals surface area (Å²) in [5.41, 5.74) is 1.16. The lowest BCUT2D eigenvalue weighted by Gasteiger charge is -2.12. The van der Waals surface area contributed by atoms with Gasteiger partial charge in [-0.05, 0) is 46.3 Å². The zero-order valence-corrected chi connectivity index (χ0v) is 15.1. The Hall–Kier alpha value is -2.39. The number of aromatic nitrogens is 3. The van der Waals surface area contributed by atoms with Gasteiger partial charge in [-0.3, -0.25) is 4.98 Å². The highest BCUT2D eigenvalue weighted by molar-refractivity contribution is 9.10. The molecule has 134 valence electrons. The minimum Gasteiger partial charge on any atom is -0.405 e. The number of pyridine rings is 1. The molecule has 2 aromatic heterocycles. The first-order chi connectivity index (χ1) is 12.3. The largest absolute Gasteiger partial charge is 0.573 e. The molecule has 1 N–H and O–H groups in total. The molecule has 3 aromatic rings. The van der Waals surface area contributed by atoms with Crippen molar-refractivity contribution >= 4 is 39.0 Å². The van der Waals surface area contributed by atoms with Gasteiger partial charge in [-0.25, -0.2) is 9.97 Å². The summed E-state index contributed by atoms with van der Waals surface area (Å²) in [5, 5.41) is 3.17. The molecule has 0 fully saturated rings. The average Bonchev–Trinajstić information content (AvgIpc) is 2.57. The summed E-state index contributed by atoms with van der Waals surface area (Å²) in [5.74, 6) is 0.393. The third kappa shape index (κ3) is 4.83. The van der Waals surface area contributed by atoms with Crippen LogP contribution in [0.2, 0.25) is 5.15 Å². The first kappa shape index (κ1) is 18.4. The van der Waals surface area contributed by atoms with Crippen LogP contribution in [0.15, 0.2) is 53.3 Å². The Balaban J connectivity index is 1.85. The lowest BCUT2D eigenvalue weighted by Crippen LogP contribution is -2.17. The van der Waals surface area contributed by atoms with Crippen LogP contribution in [-0.2, 0) is 0 Å². The number of anilines is 2. The molecular formula is C16H9BrClF3N4O. The Morgan fingerprint density at radius 1 is 1.12 bits per heavy atom. The molecule has 0 aliphatic heterocycles. The van der Waals surface area contributed by atoms with Gasteiger partial charge >= 0.3 is 6.36 Å². The Kier molecular flexibility index (Phi) is 5.28. The van der Waals surface area contributed by atoms with Crippen molar-refractivity contribution in [1.29, 1.82) is 0 Å². The number of hydrogen-bond donors (Lipinski definition) is 1. The molecule has 2 heterocycles. The third-order valence-corrected chi connectivity index (χ3v) is 3.86. The number of hydrogen-bond acceptors (Lipinski definition) is 5. The molecule has 0 atom stereocenters. The molecule has 1 aromatic carbocycles. The fraction of sp³-hybridized carbons (Fsp3) is 0.0625. The van der Waals surface area contributed by atoms with Crippen molar-refractivity contribution in [2.45, 2.75) is 6.36 Å². The van der Waals surface area contributed by atoms with E-state index in [0.29, 0.717) is 22.9 Å². The molecular weight excluding hydrogens is 437 g/mol. The van der Waals surface area contributed by atoms with E-state index in [1.807, 2.05) is 0 Å². The Morgan fingerprint density at radius 2 is 1.92 bits per heavy atom. The van der Waals surface area contributed by atoms with Crippen LogP contribution >= 0.6 is 27.5 Å². The molecule has 0 aliphatic rings. The lowest BCUT2D eigenvalue weighted by atomic mass is 10.2. The molecule has 0 saturated carbocycles. The number of rotatable bonds is 4. The SMILES string of the molecule is FC(F)(F)Oc1ccc(Nc2cc(Cl)nc(-c3cccnc3)n2)cc1Br. The van der Waals surface area contributed by atoms with E-state index in [1.54, 1.807) is 24.5 Å². The lowest BCUT2D eigenvalue weighted by molar-refractivity contribution is -0.274. The second kappa shape index (κ2) is 7.46. The molecule has 0 amide bonds. The first-order valence-corrected chi connectivity index (χ1v) is 8.24. The number of ether oxygens (including phenoxy) is 1. The van der Waals surface area contributed by atoms with Crippen LogP contribution in [0.1, 0.15) is 0 Å². The summed E-state index contributed by atoms with van der Waals surface area (Å²) < 4.78 is 41.0. The third-order valence-electron chi connectivity index (χ3n) is 3.04. The van der Waals surface area contributed by atoms with Crippen LogP contribution in [0.3, 0.4) is 0 Å². The summed E-state index contributed by atoms with van der Waals surface area (Å²) in [7, 11) is 0. The maximum absolute atomic E-state index is 12.3. The molecule has 0 aliphatic carbocycles. The fourth-order valence-corrected chi connectivity index (χ4v) is 2.68. The second-order valence-electron chi connectivity index (χ2n) is 4.96. The standard InChI is InChI=1S/C16H9BrClF3N4O/c17-11-6-10(3-4-12(11)26-16(19,20)21)23-14-7-13(18)24-15(25-14)9-2-1-5-22-8-9/h1-8H,(H,23,24,25). The van der Waals surface area contributed by atoms with Crippen LogP contribution in [-0.4, -0.2) is 21.3 Å². The molecule has 10 heteroatoms. The van der Waals surface area contributed by atoms with E-state index in [-0.39, 0.29) is 15.4 Å². The Labute approximate surface area is 159 Å². The smallest absolute Gasteiger partial charge is 0.405 e. The summed E-state index contributed by atoms with van der Waals surface area (Å²) in [4.78, 5) is 12.5. The second-order valence-corrected chi connectivity index (χ2v) is 6.20. The van der Waals surface area contributed by atoms with E-state index in [9.17, 15) is 13.2 Å². The normalized spacial score (nSPS) is 11.3. The van der Waals surface area contributed by atoms with E-state index >= 15 is 0 Å². The highest BCUT2D eigenvalue weighted by Crippen LogP contribution is 2.33. The summed E-state index contributed by atoms with van der Waals surface area (Å²) in [6.45, 7) is 0. The zero-order chi connectivity index (χ0) is 18.7. The summed E-state index contributed by atoms with van der Waals surface area (Å²) in [6.07, 6.45) is -1.55. The molecule has 0 unspecified atom stereocenters. The van der Waals surface area contributed by atoms with Gasteiger partial charge < -0.3 is 10.1 Å². The first-order valence-electron chi connectivity index (χ1n) is 7.07. The van der Waals surface area contributed by atoms with Gasteiger partial charge in [0.1, 0.15) is 16.7 Å². The number of benzene rings is 1. The van der Waals surface area contributed by atoms with Crippen molar-refractivity contribution < 1.29 is 17.9 Å². The van der Waals surface area contributed by atoms with Crippen molar-refractivity contribution in [3.63, 3.8) is 0 Å². The number of halogens is 5. The van der Waals surface area contributed by atoms with Gasteiger partial charge in [-0.2, -0.15) is 0 Å². The Bertz CT molecular complexity index is 925. The fourth-order valence-electron chi connectivity index (χ4n) is 2.04. The topological polar surface area (TPSA) is 59.9 Å². The van der Waals surface area contributed by atoms with Crippen LogP contribution < -0.4 is 10.1 Å². The van der Waals surface area contributed by atoms with Gasteiger partial charge in [0.25, 0.3) is 0 Å². The maximum Gasteiger partial charge on any atom is 0.573 e. The predicted molar refractivity (Wildman–Crippen MR) is 94.4 cm³/mol. The average molecular weight is 446 g/mol. The molecule has 3 rings (SSSR count). The van der Waals surface area contributed by atoms with Gasteiger partial charge in [0, 0.05) is 29.7 Å².